The Balaban J connectivity index is 0.000000277. The van der Waals surface area contributed by atoms with Crippen molar-refractivity contribution >= 4 is 33.1 Å². The Morgan fingerprint density at radius 2 is 2.12 bits per heavy atom. The van der Waals surface area contributed by atoms with Crippen molar-refractivity contribution in [3.63, 3.8) is 0 Å². The fraction of sp³-hybridized carbons (Fsp3) is 0.550. The lowest BCUT2D eigenvalue weighted by Crippen LogP contribution is -2.26. The second-order valence-corrected chi connectivity index (χ2v) is 8.81. The molecule has 1 aliphatic rings. The van der Waals surface area contributed by atoms with Crippen LogP contribution in [0.25, 0.3) is 10.9 Å². The van der Waals surface area contributed by atoms with E-state index in [1.807, 2.05) is 26.8 Å². The van der Waals surface area contributed by atoms with Gasteiger partial charge < -0.3 is 14.7 Å². The van der Waals surface area contributed by atoms with Gasteiger partial charge in [0, 0.05) is 23.4 Å². The number of likely N-dealkylation sites (tertiary alicyclic amines) is 1. The zero-order valence-corrected chi connectivity index (χ0v) is 17.1. The minimum absolute atomic E-state index is 0.182. The molecule has 25 heavy (non-hydrogen) atoms. The van der Waals surface area contributed by atoms with Crippen molar-refractivity contribution in [1.29, 1.82) is 0 Å². The third-order valence-electron chi connectivity index (χ3n) is 4.62. The van der Waals surface area contributed by atoms with Crippen LogP contribution < -0.4 is 0 Å². The molecule has 1 atom stereocenters. The van der Waals surface area contributed by atoms with Gasteiger partial charge in [-0.15, -0.1) is 0 Å². The molecule has 0 amide bonds. The van der Waals surface area contributed by atoms with Crippen LogP contribution in [-0.4, -0.2) is 35.8 Å². The summed E-state index contributed by atoms with van der Waals surface area (Å²) in [5.74, 6) is -0.194. The topological polar surface area (TPSA) is 36.1 Å². The third kappa shape index (κ3) is 5.65. The number of rotatable bonds is 3. The van der Waals surface area contributed by atoms with Gasteiger partial charge >= 0.3 is 0 Å². The maximum Gasteiger partial charge on any atom is 0.125 e. The molecule has 1 fully saturated rings. The number of aromatic amines is 1. The Morgan fingerprint density at radius 3 is 2.64 bits per heavy atom. The highest BCUT2D eigenvalue weighted by molar-refractivity contribution is 9.10. The summed E-state index contributed by atoms with van der Waals surface area (Å²) in [7, 11) is 2.18. The van der Waals surface area contributed by atoms with Crippen LogP contribution in [0.15, 0.2) is 22.8 Å². The van der Waals surface area contributed by atoms with Gasteiger partial charge in [0.1, 0.15) is 12.1 Å². The first kappa shape index (κ1) is 20.1. The van der Waals surface area contributed by atoms with Gasteiger partial charge in [-0.1, -0.05) is 20.8 Å². The Labute approximate surface area is 158 Å². The molecular formula is C20H28BrFN2O. The van der Waals surface area contributed by atoms with E-state index >= 15 is 0 Å². The molecule has 3 nitrogen and oxygen atoms in total. The first-order chi connectivity index (χ1) is 11.7. The van der Waals surface area contributed by atoms with Gasteiger partial charge in [0.15, 0.2) is 0 Å². The van der Waals surface area contributed by atoms with E-state index in [2.05, 4.69) is 32.9 Å². The predicted molar refractivity (Wildman–Crippen MR) is 105 cm³/mol. The fourth-order valence-corrected chi connectivity index (χ4v) is 3.71. The molecule has 0 radical (unpaired) electrons. The van der Waals surface area contributed by atoms with E-state index in [1.54, 1.807) is 6.07 Å². The van der Waals surface area contributed by atoms with Crippen LogP contribution in [0, 0.1) is 11.2 Å². The number of fused-ring (bicyclic) bond motifs is 1. The highest BCUT2D eigenvalue weighted by Crippen LogP contribution is 2.30. The summed E-state index contributed by atoms with van der Waals surface area (Å²) in [4.78, 5) is 15.4. The SMILES string of the molecule is CC(C)(C)CC=O.CN1CCCC1Cc1c(Br)[nH]c2cc(F)ccc12. The maximum atomic E-state index is 13.2. The third-order valence-corrected chi connectivity index (χ3v) is 5.30. The van der Waals surface area contributed by atoms with E-state index < -0.39 is 0 Å². The molecule has 2 heterocycles. The van der Waals surface area contributed by atoms with Crippen molar-refractivity contribution in [3.8, 4) is 0 Å². The molecule has 0 bridgehead atoms. The molecule has 5 heteroatoms. The van der Waals surface area contributed by atoms with Crippen molar-refractivity contribution in [2.24, 2.45) is 5.41 Å². The second kappa shape index (κ2) is 8.45. The van der Waals surface area contributed by atoms with Crippen LogP contribution in [-0.2, 0) is 11.2 Å². The van der Waals surface area contributed by atoms with Crippen LogP contribution in [0.5, 0.6) is 0 Å². The predicted octanol–water partition coefficient (Wildman–Crippen LogP) is 5.33. The smallest absolute Gasteiger partial charge is 0.125 e. The zero-order chi connectivity index (χ0) is 18.6. The van der Waals surface area contributed by atoms with E-state index in [1.165, 1.54) is 31.0 Å². The number of carbonyl (C=O) groups excluding carboxylic acids is 1. The Hall–Kier alpha value is -1.20. The lowest BCUT2D eigenvalue weighted by atomic mass is 9.93. The average molecular weight is 411 g/mol. The van der Waals surface area contributed by atoms with E-state index in [9.17, 15) is 9.18 Å². The normalized spacial score (nSPS) is 18.2. The summed E-state index contributed by atoms with van der Waals surface area (Å²) in [6.07, 6.45) is 5.16. The van der Waals surface area contributed by atoms with Crippen LogP contribution >= 0.6 is 15.9 Å². The van der Waals surface area contributed by atoms with Gasteiger partial charge in [-0.25, -0.2) is 4.39 Å². The summed E-state index contributed by atoms with van der Waals surface area (Å²) in [6.45, 7) is 7.31. The number of benzene rings is 1. The van der Waals surface area contributed by atoms with Gasteiger partial charge in [-0.05, 0) is 78.0 Å². The highest BCUT2D eigenvalue weighted by Gasteiger charge is 2.23. The molecule has 1 unspecified atom stereocenters. The van der Waals surface area contributed by atoms with Gasteiger partial charge in [0.25, 0.3) is 0 Å². The monoisotopic (exact) mass is 410 g/mol. The van der Waals surface area contributed by atoms with Crippen LogP contribution in [0.4, 0.5) is 4.39 Å². The number of hydrogen-bond acceptors (Lipinski definition) is 2. The first-order valence-electron chi connectivity index (χ1n) is 8.81. The highest BCUT2D eigenvalue weighted by atomic mass is 79.9. The molecule has 1 aliphatic heterocycles. The number of likely N-dealkylation sites (N-methyl/N-ethyl adjacent to an activating group) is 1. The lowest BCUT2D eigenvalue weighted by Gasteiger charge is -2.19. The van der Waals surface area contributed by atoms with Gasteiger partial charge in [-0.3, -0.25) is 0 Å². The van der Waals surface area contributed by atoms with E-state index in [4.69, 9.17) is 0 Å². The number of nitrogens with one attached hydrogen (secondary N) is 1. The summed E-state index contributed by atoms with van der Waals surface area (Å²) in [5.41, 5.74) is 2.32. The van der Waals surface area contributed by atoms with Crippen LogP contribution in [0.1, 0.15) is 45.6 Å². The molecule has 138 valence electrons. The van der Waals surface area contributed by atoms with E-state index in [0.717, 1.165) is 28.2 Å². The quantitative estimate of drug-likeness (QED) is 0.694. The molecular weight excluding hydrogens is 383 g/mol. The average Bonchev–Trinajstić information content (AvgIpc) is 3.03. The summed E-state index contributed by atoms with van der Waals surface area (Å²) < 4.78 is 14.2. The minimum Gasteiger partial charge on any atom is -0.349 e. The Bertz CT molecular complexity index is 720. The van der Waals surface area contributed by atoms with Crippen molar-refractivity contribution in [3.05, 3.63) is 34.2 Å². The van der Waals surface area contributed by atoms with Crippen molar-refractivity contribution in [1.82, 2.24) is 9.88 Å². The second-order valence-electron chi connectivity index (χ2n) is 8.02. The molecule has 1 aromatic carbocycles. The molecule has 2 aromatic rings. The minimum atomic E-state index is -0.194. The summed E-state index contributed by atoms with van der Waals surface area (Å²) >= 11 is 3.56. The molecule has 0 aliphatic carbocycles. The van der Waals surface area contributed by atoms with Crippen LogP contribution in [0.3, 0.4) is 0 Å². The Morgan fingerprint density at radius 1 is 1.40 bits per heavy atom. The van der Waals surface area contributed by atoms with Crippen molar-refractivity contribution < 1.29 is 9.18 Å². The van der Waals surface area contributed by atoms with E-state index in [0.29, 0.717) is 12.5 Å². The van der Waals surface area contributed by atoms with E-state index in [-0.39, 0.29) is 11.2 Å². The number of aldehydes is 1. The number of aromatic nitrogens is 1. The summed E-state index contributed by atoms with van der Waals surface area (Å²) in [6, 6.07) is 5.56. The molecule has 1 N–H and O–H groups in total. The number of carbonyl (C=O) groups is 1. The molecule has 1 aromatic heterocycles. The largest absolute Gasteiger partial charge is 0.349 e. The molecule has 1 saturated heterocycles. The first-order valence-corrected chi connectivity index (χ1v) is 9.60. The molecule has 3 rings (SSSR count). The zero-order valence-electron chi connectivity index (χ0n) is 15.5. The van der Waals surface area contributed by atoms with Crippen molar-refractivity contribution in [2.45, 2.75) is 52.5 Å². The van der Waals surface area contributed by atoms with Gasteiger partial charge in [0.2, 0.25) is 0 Å². The molecule has 0 saturated carbocycles. The van der Waals surface area contributed by atoms with Crippen LogP contribution in [0.2, 0.25) is 0 Å². The molecule has 0 spiro atoms. The number of nitrogens with zero attached hydrogens (tertiary/aromatic N) is 1. The van der Waals surface area contributed by atoms with Gasteiger partial charge in [0.05, 0.1) is 4.60 Å². The lowest BCUT2D eigenvalue weighted by molar-refractivity contribution is -0.109. The Kier molecular flexibility index (Phi) is 6.80. The van der Waals surface area contributed by atoms with Gasteiger partial charge in [-0.2, -0.15) is 0 Å². The van der Waals surface area contributed by atoms with Crippen molar-refractivity contribution in [2.75, 3.05) is 13.6 Å². The summed E-state index contributed by atoms with van der Waals surface area (Å²) in [5, 5.41) is 1.13. The number of H-pyrrole nitrogens is 1. The standard InChI is InChI=1S/C14H16BrFN2.C6H12O/c1-18-6-2-3-10(18)8-12-11-5-4-9(16)7-13(11)17-14(12)15;1-6(2,3)4-5-7/h4-5,7,10,17H,2-3,6,8H2,1H3;5H,4H2,1-3H3. The maximum absolute atomic E-state index is 13.2. The fourth-order valence-electron chi connectivity index (χ4n) is 3.12. The number of halogens is 2. The number of hydrogen-bond donors (Lipinski definition) is 1.